The molecule has 0 aliphatic heterocycles. The molecule has 0 amide bonds. The van der Waals surface area contributed by atoms with Crippen LogP contribution in [0.25, 0.3) is 0 Å². The summed E-state index contributed by atoms with van der Waals surface area (Å²) in [6.45, 7) is 2.67. The van der Waals surface area contributed by atoms with Crippen molar-refractivity contribution in [1.29, 1.82) is 0 Å². The first kappa shape index (κ1) is 14.3. The van der Waals surface area contributed by atoms with E-state index in [0.29, 0.717) is 6.54 Å². The van der Waals surface area contributed by atoms with E-state index in [1.54, 1.807) is 0 Å². The van der Waals surface area contributed by atoms with Gasteiger partial charge in [-0.1, -0.05) is 34.1 Å². The number of halogens is 1. The molecule has 20 heavy (non-hydrogen) atoms. The van der Waals surface area contributed by atoms with E-state index in [-0.39, 0.29) is 0 Å². The van der Waals surface area contributed by atoms with Crippen LogP contribution in [0.2, 0.25) is 0 Å². The second-order valence-electron chi connectivity index (χ2n) is 5.35. The van der Waals surface area contributed by atoms with Crippen molar-refractivity contribution in [3.05, 3.63) is 56.2 Å². The minimum atomic E-state index is 0.598. The van der Waals surface area contributed by atoms with Crippen LogP contribution in [0.3, 0.4) is 0 Å². The highest BCUT2D eigenvalue weighted by atomic mass is 79.9. The minimum absolute atomic E-state index is 0.598. The highest BCUT2D eigenvalue weighted by molar-refractivity contribution is 9.10. The summed E-state index contributed by atoms with van der Waals surface area (Å²) in [7, 11) is 0. The Balaban J connectivity index is 1.73. The molecule has 1 heterocycles. The Morgan fingerprint density at radius 2 is 2.10 bits per heavy atom. The summed E-state index contributed by atoms with van der Waals surface area (Å²) in [6.07, 6.45) is 2.67. The van der Waals surface area contributed by atoms with Gasteiger partial charge in [-0.25, -0.2) is 0 Å². The first-order chi connectivity index (χ1) is 9.76. The summed E-state index contributed by atoms with van der Waals surface area (Å²) in [6, 6.07) is 11.6. The van der Waals surface area contributed by atoms with Gasteiger partial charge < -0.3 is 5.73 Å². The van der Waals surface area contributed by atoms with Gasteiger partial charge >= 0.3 is 0 Å². The molecule has 1 aromatic heterocycles. The summed E-state index contributed by atoms with van der Waals surface area (Å²) < 4.78 is 1.18. The number of nitrogens with two attached hydrogens (primary N) is 1. The van der Waals surface area contributed by atoms with Crippen molar-refractivity contribution in [2.75, 3.05) is 0 Å². The molecular weight excluding hydrogens is 332 g/mol. The molecule has 1 aliphatic carbocycles. The van der Waals surface area contributed by atoms with E-state index in [9.17, 15) is 0 Å². The maximum atomic E-state index is 5.69. The van der Waals surface area contributed by atoms with Crippen LogP contribution in [0, 0.1) is 0 Å². The number of hydrogen-bond donors (Lipinski definition) is 1. The van der Waals surface area contributed by atoms with Crippen molar-refractivity contribution in [1.82, 2.24) is 4.90 Å². The number of hydrogen-bond acceptors (Lipinski definition) is 3. The third-order valence-electron chi connectivity index (χ3n) is 3.73. The standard InChI is InChI=1S/C16H19BrN2S/c17-16-8-12(9-18)3-4-13(16)10-19(14-5-6-14)11-15-2-1-7-20-15/h1-4,7-8,14H,5-6,9-11,18H2. The number of nitrogens with zero attached hydrogens (tertiary/aromatic N) is 1. The molecule has 2 N–H and O–H groups in total. The van der Waals surface area contributed by atoms with Gasteiger partial charge in [0.15, 0.2) is 0 Å². The lowest BCUT2D eigenvalue weighted by atomic mass is 10.1. The third kappa shape index (κ3) is 3.50. The smallest absolute Gasteiger partial charge is 0.0334 e. The van der Waals surface area contributed by atoms with Crippen molar-refractivity contribution in [3.8, 4) is 0 Å². The molecule has 0 spiro atoms. The molecule has 1 fully saturated rings. The third-order valence-corrected chi connectivity index (χ3v) is 5.33. The molecule has 0 atom stereocenters. The van der Waals surface area contributed by atoms with Gasteiger partial charge in [-0.05, 0) is 41.5 Å². The zero-order valence-corrected chi connectivity index (χ0v) is 13.8. The summed E-state index contributed by atoms with van der Waals surface area (Å²) in [5.74, 6) is 0. The van der Waals surface area contributed by atoms with Gasteiger partial charge in [-0.2, -0.15) is 0 Å². The zero-order chi connectivity index (χ0) is 13.9. The molecular formula is C16H19BrN2S. The molecule has 0 bridgehead atoms. The van der Waals surface area contributed by atoms with Gasteiger partial charge in [0.2, 0.25) is 0 Å². The van der Waals surface area contributed by atoms with Gasteiger partial charge in [-0.15, -0.1) is 11.3 Å². The zero-order valence-electron chi connectivity index (χ0n) is 11.4. The molecule has 3 rings (SSSR count). The molecule has 0 saturated heterocycles. The molecule has 1 saturated carbocycles. The second kappa shape index (κ2) is 6.39. The molecule has 0 radical (unpaired) electrons. The fourth-order valence-corrected chi connectivity index (χ4v) is 3.70. The van der Waals surface area contributed by atoms with Crippen LogP contribution in [0.4, 0.5) is 0 Å². The van der Waals surface area contributed by atoms with Crippen molar-refractivity contribution in [2.45, 2.75) is 38.5 Å². The van der Waals surface area contributed by atoms with E-state index >= 15 is 0 Å². The molecule has 106 valence electrons. The Bertz CT molecular complexity index is 564. The van der Waals surface area contributed by atoms with Crippen LogP contribution in [0.1, 0.15) is 28.8 Å². The average molecular weight is 351 g/mol. The Labute approximate surface area is 132 Å². The SMILES string of the molecule is NCc1ccc(CN(Cc2cccs2)C2CC2)c(Br)c1. The van der Waals surface area contributed by atoms with Gasteiger partial charge in [0.05, 0.1) is 0 Å². The van der Waals surface area contributed by atoms with E-state index in [1.165, 1.54) is 33.3 Å². The van der Waals surface area contributed by atoms with Crippen LogP contribution >= 0.6 is 27.3 Å². The maximum Gasteiger partial charge on any atom is 0.0334 e. The Morgan fingerprint density at radius 3 is 2.70 bits per heavy atom. The molecule has 0 unspecified atom stereocenters. The van der Waals surface area contributed by atoms with Crippen molar-refractivity contribution in [3.63, 3.8) is 0 Å². The summed E-state index contributed by atoms with van der Waals surface area (Å²) >= 11 is 5.53. The van der Waals surface area contributed by atoms with Crippen molar-refractivity contribution < 1.29 is 0 Å². The number of thiophene rings is 1. The predicted octanol–water partition coefficient (Wildman–Crippen LogP) is 4.13. The van der Waals surface area contributed by atoms with E-state index < -0.39 is 0 Å². The first-order valence-electron chi connectivity index (χ1n) is 7.00. The summed E-state index contributed by atoms with van der Waals surface area (Å²) in [4.78, 5) is 4.04. The van der Waals surface area contributed by atoms with Crippen molar-refractivity contribution in [2.24, 2.45) is 5.73 Å². The molecule has 2 nitrogen and oxygen atoms in total. The van der Waals surface area contributed by atoms with Gasteiger partial charge in [-0.3, -0.25) is 4.90 Å². The molecule has 1 aromatic carbocycles. The lowest BCUT2D eigenvalue weighted by molar-refractivity contribution is 0.247. The maximum absolute atomic E-state index is 5.69. The summed E-state index contributed by atoms with van der Waals surface area (Å²) in [5.41, 5.74) is 8.22. The Morgan fingerprint density at radius 1 is 1.25 bits per heavy atom. The number of rotatable bonds is 6. The predicted molar refractivity (Wildman–Crippen MR) is 88.6 cm³/mol. The fraction of sp³-hybridized carbons (Fsp3) is 0.375. The highest BCUT2D eigenvalue weighted by Crippen LogP contribution is 2.32. The Kier molecular flexibility index (Phi) is 4.56. The van der Waals surface area contributed by atoms with Crippen LogP contribution in [0.5, 0.6) is 0 Å². The average Bonchev–Trinajstić information content (AvgIpc) is 3.18. The fourth-order valence-electron chi connectivity index (χ4n) is 2.42. The summed E-state index contributed by atoms with van der Waals surface area (Å²) in [5, 5.41) is 2.16. The van der Waals surface area contributed by atoms with Gasteiger partial charge in [0.25, 0.3) is 0 Å². The van der Waals surface area contributed by atoms with E-state index in [1.807, 2.05) is 11.3 Å². The largest absolute Gasteiger partial charge is 0.326 e. The number of benzene rings is 1. The van der Waals surface area contributed by atoms with E-state index in [0.717, 1.165) is 19.1 Å². The lowest BCUT2D eigenvalue weighted by Gasteiger charge is -2.22. The monoisotopic (exact) mass is 350 g/mol. The van der Waals surface area contributed by atoms with E-state index in [4.69, 9.17) is 5.73 Å². The van der Waals surface area contributed by atoms with Crippen LogP contribution in [0.15, 0.2) is 40.2 Å². The molecule has 2 aromatic rings. The minimum Gasteiger partial charge on any atom is -0.326 e. The molecule has 1 aliphatic rings. The lowest BCUT2D eigenvalue weighted by Crippen LogP contribution is -2.24. The first-order valence-corrected chi connectivity index (χ1v) is 8.67. The van der Waals surface area contributed by atoms with Crippen LogP contribution in [-0.4, -0.2) is 10.9 Å². The topological polar surface area (TPSA) is 29.3 Å². The molecule has 4 heteroatoms. The van der Waals surface area contributed by atoms with Gasteiger partial charge in [0.1, 0.15) is 0 Å². The second-order valence-corrected chi connectivity index (χ2v) is 7.23. The van der Waals surface area contributed by atoms with Gasteiger partial charge in [0, 0.05) is 35.0 Å². The van der Waals surface area contributed by atoms with Crippen LogP contribution < -0.4 is 5.73 Å². The van der Waals surface area contributed by atoms with Crippen LogP contribution in [-0.2, 0) is 19.6 Å². The Hall–Kier alpha value is -0.680. The quantitative estimate of drug-likeness (QED) is 0.848. The van der Waals surface area contributed by atoms with Crippen molar-refractivity contribution >= 4 is 27.3 Å². The highest BCUT2D eigenvalue weighted by Gasteiger charge is 2.29. The normalized spacial score (nSPS) is 14.9. The van der Waals surface area contributed by atoms with E-state index in [2.05, 4.69) is 56.5 Å².